The molecule has 0 heterocycles. The van der Waals surface area contributed by atoms with E-state index in [-0.39, 0.29) is 5.69 Å². The number of nitrogens with zero attached hydrogens (tertiary/aromatic N) is 1. The van der Waals surface area contributed by atoms with E-state index in [0.29, 0.717) is 12.1 Å². The van der Waals surface area contributed by atoms with Crippen LogP contribution in [0.2, 0.25) is 0 Å². The topological polar surface area (TPSA) is 104 Å². The van der Waals surface area contributed by atoms with Crippen molar-refractivity contribution in [1.29, 1.82) is 0 Å². The maximum atomic E-state index is 12.1. The number of non-ortho nitro benzene ring substituents is 1. The van der Waals surface area contributed by atoms with Gasteiger partial charge >= 0.3 is 6.03 Å². The second kappa shape index (κ2) is 6.05. The minimum atomic E-state index is -0.671. The van der Waals surface area contributed by atoms with Crippen molar-refractivity contribution in [3.05, 3.63) is 69.8 Å². The van der Waals surface area contributed by atoms with Gasteiger partial charge in [-0.05, 0) is 23.3 Å². The summed E-state index contributed by atoms with van der Waals surface area (Å²) in [6, 6.07) is 12.2. The summed E-state index contributed by atoms with van der Waals surface area (Å²) in [6.07, 6.45) is -0.173. The molecule has 2 aromatic rings. The van der Waals surface area contributed by atoms with Crippen LogP contribution in [0, 0.1) is 10.1 Å². The van der Waals surface area contributed by atoms with Crippen LogP contribution in [-0.4, -0.2) is 22.2 Å². The van der Waals surface area contributed by atoms with Crippen molar-refractivity contribution in [1.82, 2.24) is 5.32 Å². The van der Waals surface area contributed by atoms with Gasteiger partial charge in [0.1, 0.15) is 0 Å². The fourth-order valence-corrected chi connectivity index (χ4v) is 2.72. The first-order valence-corrected chi connectivity index (χ1v) is 7.12. The fourth-order valence-electron chi connectivity index (χ4n) is 2.72. The van der Waals surface area contributed by atoms with Gasteiger partial charge in [0.25, 0.3) is 5.69 Å². The number of carbonyl (C=O) groups excluding carboxylic acids is 1. The Hall–Kier alpha value is -2.93. The molecule has 1 aliphatic rings. The van der Waals surface area contributed by atoms with Gasteiger partial charge in [0.05, 0.1) is 17.1 Å². The van der Waals surface area contributed by atoms with Crippen LogP contribution in [0.5, 0.6) is 0 Å². The molecule has 0 aromatic heterocycles. The number of benzene rings is 2. The summed E-state index contributed by atoms with van der Waals surface area (Å²) in [5.41, 5.74) is 2.31. The van der Waals surface area contributed by atoms with Gasteiger partial charge in [0.2, 0.25) is 0 Å². The van der Waals surface area contributed by atoms with Gasteiger partial charge in [-0.3, -0.25) is 10.1 Å². The Bertz CT molecular complexity index is 745. The van der Waals surface area contributed by atoms with Gasteiger partial charge < -0.3 is 15.7 Å². The minimum absolute atomic E-state index is 0.0453. The molecule has 2 amide bonds. The Kier molecular flexibility index (Phi) is 3.94. The Balaban J connectivity index is 1.67. The zero-order valence-electron chi connectivity index (χ0n) is 12.1. The zero-order chi connectivity index (χ0) is 16.4. The summed E-state index contributed by atoms with van der Waals surface area (Å²) in [4.78, 5) is 22.2. The summed E-state index contributed by atoms with van der Waals surface area (Å²) in [7, 11) is 0. The van der Waals surface area contributed by atoms with Crippen molar-refractivity contribution in [3.8, 4) is 0 Å². The van der Waals surface area contributed by atoms with Crippen LogP contribution >= 0.6 is 0 Å². The van der Waals surface area contributed by atoms with Crippen molar-refractivity contribution in [3.63, 3.8) is 0 Å². The van der Waals surface area contributed by atoms with Crippen LogP contribution in [0.15, 0.2) is 48.5 Å². The molecule has 7 nitrogen and oxygen atoms in total. The lowest BCUT2D eigenvalue weighted by molar-refractivity contribution is -0.384. The minimum Gasteiger partial charge on any atom is -0.390 e. The summed E-state index contributed by atoms with van der Waals surface area (Å²) in [5.74, 6) is 0. The van der Waals surface area contributed by atoms with Crippen LogP contribution in [0.4, 0.5) is 16.2 Å². The van der Waals surface area contributed by atoms with Crippen molar-refractivity contribution < 1.29 is 14.8 Å². The molecule has 0 radical (unpaired) electrons. The number of fused-ring (bicyclic) bond motifs is 1. The number of aliphatic hydroxyl groups is 1. The SMILES string of the molecule is O=C(Nc1ccc([N+](=O)[O-])cc1)N[C@@H]1c2ccccc2C[C@@H]1O. The second-order valence-corrected chi connectivity index (χ2v) is 5.35. The average molecular weight is 313 g/mol. The Morgan fingerprint density at radius 3 is 2.57 bits per heavy atom. The summed E-state index contributed by atoms with van der Waals surface area (Å²) < 4.78 is 0. The molecule has 2 atom stereocenters. The molecule has 0 aliphatic heterocycles. The lowest BCUT2D eigenvalue weighted by Gasteiger charge is -2.18. The van der Waals surface area contributed by atoms with Crippen LogP contribution in [0.1, 0.15) is 17.2 Å². The third kappa shape index (κ3) is 3.14. The Morgan fingerprint density at radius 1 is 1.17 bits per heavy atom. The van der Waals surface area contributed by atoms with E-state index in [0.717, 1.165) is 11.1 Å². The van der Waals surface area contributed by atoms with Crippen molar-refractivity contribution in [2.24, 2.45) is 0 Å². The second-order valence-electron chi connectivity index (χ2n) is 5.35. The number of nitro benzene ring substituents is 1. The van der Waals surface area contributed by atoms with Crippen molar-refractivity contribution >= 4 is 17.4 Å². The van der Waals surface area contributed by atoms with Crippen molar-refractivity contribution in [2.45, 2.75) is 18.6 Å². The molecule has 0 fully saturated rings. The molecule has 2 aromatic carbocycles. The van der Waals surface area contributed by atoms with E-state index in [1.54, 1.807) is 0 Å². The largest absolute Gasteiger partial charge is 0.390 e. The number of nitrogens with one attached hydrogen (secondary N) is 2. The van der Waals surface area contributed by atoms with Gasteiger partial charge in [0.15, 0.2) is 0 Å². The molecule has 118 valence electrons. The third-order valence-electron chi connectivity index (χ3n) is 3.83. The van der Waals surface area contributed by atoms with Crippen LogP contribution in [0.3, 0.4) is 0 Å². The van der Waals surface area contributed by atoms with Crippen LogP contribution in [-0.2, 0) is 6.42 Å². The van der Waals surface area contributed by atoms with Crippen molar-refractivity contribution in [2.75, 3.05) is 5.32 Å². The van der Waals surface area contributed by atoms with E-state index in [1.807, 2.05) is 24.3 Å². The normalized spacial score (nSPS) is 19.0. The highest BCUT2D eigenvalue weighted by Gasteiger charge is 2.31. The van der Waals surface area contributed by atoms with Gasteiger partial charge in [-0.2, -0.15) is 0 Å². The number of anilines is 1. The predicted molar refractivity (Wildman–Crippen MR) is 84.1 cm³/mol. The third-order valence-corrected chi connectivity index (χ3v) is 3.83. The molecule has 0 unspecified atom stereocenters. The first-order chi connectivity index (χ1) is 11.0. The summed E-state index contributed by atoms with van der Waals surface area (Å²) >= 11 is 0. The molecule has 0 bridgehead atoms. The standard InChI is InChI=1S/C16H15N3O4/c20-14-9-10-3-1-2-4-13(10)15(14)18-16(21)17-11-5-7-12(8-6-11)19(22)23/h1-8,14-15,20H,9H2,(H2,17,18,21)/t14-,15+/m0/s1. The van der Waals surface area contributed by atoms with Gasteiger partial charge in [-0.1, -0.05) is 24.3 Å². The first-order valence-electron chi connectivity index (χ1n) is 7.12. The molecular weight excluding hydrogens is 298 g/mol. The number of carbonyl (C=O) groups is 1. The highest BCUT2D eigenvalue weighted by Crippen LogP contribution is 2.31. The van der Waals surface area contributed by atoms with Crippen LogP contribution in [0.25, 0.3) is 0 Å². The maximum Gasteiger partial charge on any atom is 0.319 e. The van der Waals surface area contributed by atoms with E-state index in [9.17, 15) is 20.0 Å². The zero-order valence-corrected chi connectivity index (χ0v) is 12.1. The van der Waals surface area contributed by atoms with Gasteiger partial charge in [-0.15, -0.1) is 0 Å². The molecular formula is C16H15N3O4. The molecule has 1 aliphatic carbocycles. The smallest absolute Gasteiger partial charge is 0.319 e. The van der Waals surface area contributed by atoms with E-state index >= 15 is 0 Å². The highest BCUT2D eigenvalue weighted by molar-refractivity contribution is 5.89. The molecule has 0 spiro atoms. The highest BCUT2D eigenvalue weighted by atomic mass is 16.6. The number of hydrogen-bond donors (Lipinski definition) is 3. The monoisotopic (exact) mass is 313 g/mol. The van der Waals surface area contributed by atoms with E-state index in [1.165, 1.54) is 24.3 Å². The molecule has 0 saturated heterocycles. The average Bonchev–Trinajstić information content (AvgIpc) is 2.84. The molecule has 3 N–H and O–H groups in total. The molecule has 7 heteroatoms. The number of urea groups is 1. The molecule has 23 heavy (non-hydrogen) atoms. The van der Waals surface area contributed by atoms with Gasteiger partial charge in [0, 0.05) is 24.2 Å². The van der Waals surface area contributed by atoms with Crippen LogP contribution < -0.4 is 10.6 Å². The lowest BCUT2D eigenvalue weighted by atomic mass is 10.1. The Labute approximate surface area is 132 Å². The lowest BCUT2D eigenvalue weighted by Crippen LogP contribution is -2.36. The van der Waals surface area contributed by atoms with E-state index in [4.69, 9.17) is 0 Å². The quantitative estimate of drug-likeness (QED) is 0.597. The summed E-state index contributed by atoms with van der Waals surface area (Å²) in [5, 5.41) is 26.0. The number of amides is 2. The maximum absolute atomic E-state index is 12.1. The number of aliphatic hydroxyl groups excluding tert-OH is 1. The number of hydrogen-bond acceptors (Lipinski definition) is 4. The molecule has 3 rings (SSSR count). The molecule has 0 saturated carbocycles. The Morgan fingerprint density at radius 2 is 1.87 bits per heavy atom. The number of nitro groups is 1. The van der Waals surface area contributed by atoms with Gasteiger partial charge in [-0.25, -0.2) is 4.79 Å². The first kappa shape index (κ1) is 15.0. The van der Waals surface area contributed by atoms with E-state index in [2.05, 4.69) is 10.6 Å². The number of rotatable bonds is 3. The fraction of sp³-hybridized carbons (Fsp3) is 0.188. The van der Waals surface area contributed by atoms with E-state index < -0.39 is 23.1 Å². The predicted octanol–water partition coefficient (Wildman–Crippen LogP) is 2.37. The summed E-state index contributed by atoms with van der Waals surface area (Å²) in [6.45, 7) is 0.